The molecule has 2 fully saturated rings. The number of carbonyl (C=O) groups excluding carboxylic acids is 1. The third-order valence-corrected chi connectivity index (χ3v) is 6.84. The van der Waals surface area contributed by atoms with Gasteiger partial charge in [-0.2, -0.15) is 0 Å². The van der Waals surface area contributed by atoms with Crippen molar-refractivity contribution >= 4 is 11.8 Å². The molecule has 32 heavy (non-hydrogen) atoms. The maximum Gasteiger partial charge on any atom is 0.326 e. The summed E-state index contributed by atoms with van der Waals surface area (Å²) >= 11 is 0. The Labute approximate surface area is 186 Å². The number of fused-ring (bicyclic) bond motifs is 1. The first-order chi connectivity index (χ1) is 15.5. The number of pyridine rings is 1. The van der Waals surface area contributed by atoms with Crippen molar-refractivity contribution < 1.29 is 13.6 Å². The minimum absolute atomic E-state index is 0.00237. The topological polar surface area (TPSA) is 36.4 Å². The molecule has 3 aromatic rings. The number of benzene rings is 2. The summed E-state index contributed by atoms with van der Waals surface area (Å²) in [6.07, 6.45) is 4.20. The van der Waals surface area contributed by atoms with Crippen LogP contribution < -0.4 is 4.90 Å². The molecule has 2 heterocycles. The van der Waals surface area contributed by atoms with Crippen LogP contribution in [0.4, 0.5) is 19.4 Å². The lowest BCUT2D eigenvalue weighted by Crippen LogP contribution is -2.40. The van der Waals surface area contributed by atoms with Crippen molar-refractivity contribution in [1.82, 2.24) is 9.88 Å². The van der Waals surface area contributed by atoms with E-state index < -0.39 is 0 Å². The Kier molecular flexibility index (Phi) is 5.16. The van der Waals surface area contributed by atoms with Crippen LogP contribution >= 0.6 is 0 Å². The molecular weight excluding hydrogens is 408 g/mol. The number of urea groups is 1. The molecule has 1 aromatic heterocycles. The molecule has 2 amide bonds. The molecule has 4 nitrogen and oxygen atoms in total. The highest BCUT2D eigenvalue weighted by molar-refractivity contribution is 5.97. The molecule has 2 unspecified atom stereocenters. The minimum Gasteiger partial charge on any atom is -0.317 e. The van der Waals surface area contributed by atoms with Crippen molar-refractivity contribution in [2.75, 3.05) is 11.4 Å². The fraction of sp³-hybridized carbons (Fsp3) is 0.308. The van der Waals surface area contributed by atoms with Crippen molar-refractivity contribution in [3.63, 3.8) is 0 Å². The second-order valence-corrected chi connectivity index (χ2v) is 8.87. The van der Waals surface area contributed by atoms with Crippen molar-refractivity contribution in [2.24, 2.45) is 0 Å². The number of amides is 2. The van der Waals surface area contributed by atoms with E-state index in [2.05, 4.69) is 11.9 Å². The third kappa shape index (κ3) is 3.64. The molecule has 1 saturated carbocycles. The van der Waals surface area contributed by atoms with Gasteiger partial charge in [-0.1, -0.05) is 30.3 Å². The van der Waals surface area contributed by atoms with Crippen LogP contribution in [0.15, 0.2) is 72.9 Å². The fourth-order valence-electron chi connectivity index (χ4n) is 4.95. The number of anilines is 1. The first-order valence-corrected chi connectivity index (χ1v) is 11.0. The smallest absolute Gasteiger partial charge is 0.317 e. The third-order valence-electron chi connectivity index (χ3n) is 6.84. The molecule has 5 rings (SSSR count). The molecular formula is C26H25F2N3O. The molecule has 1 aliphatic carbocycles. The van der Waals surface area contributed by atoms with E-state index in [1.165, 1.54) is 24.3 Å². The molecule has 0 spiro atoms. The molecule has 2 aromatic carbocycles. The maximum atomic E-state index is 13.5. The molecule has 2 atom stereocenters. The minimum atomic E-state index is -0.281. The number of rotatable bonds is 7. The van der Waals surface area contributed by atoms with Gasteiger partial charge in [-0.15, -0.1) is 0 Å². The van der Waals surface area contributed by atoms with E-state index in [0.717, 1.165) is 30.4 Å². The van der Waals surface area contributed by atoms with Gasteiger partial charge < -0.3 is 4.90 Å². The Morgan fingerprint density at radius 2 is 1.62 bits per heavy atom. The second kappa shape index (κ2) is 8.01. The number of hydrogen-bond acceptors (Lipinski definition) is 2. The first kappa shape index (κ1) is 20.6. The highest BCUT2D eigenvalue weighted by Gasteiger charge is 2.67. The fourth-order valence-corrected chi connectivity index (χ4v) is 4.95. The van der Waals surface area contributed by atoms with E-state index in [1.54, 1.807) is 30.5 Å². The molecule has 1 saturated heterocycles. The molecule has 0 radical (unpaired) electrons. The lowest BCUT2D eigenvalue weighted by molar-refractivity contribution is 0.192. The number of aromatic nitrogens is 1. The summed E-state index contributed by atoms with van der Waals surface area (Å²) in [5.74, 6) is 0.140. The van der Waals surface area contributed by atoms with Crippen LogP contribution in [-0.2, 0) is 0 Å². The van der Waals surface area contributed by atoms with Gasteiger partial charge in [0.1, 0.15) is 17.5 Å². The molecule has 1 aliphatic heterocycles. The number of hydrogen-bond donors (Lipinski definition) is 0. The van der Waals surface area contributed by atoms with E-state index in [9.17, 15) is 13.6 Å². The van der Waals surface area contributed by atoms with Gasteiger partial charge in [-0.3, -0.25) is 4.90 Å². The Bertz CT molecular complexity index is 1060. The van der Waals surface area contributed by atoms with Crippen LogP contribution in [0.2, 0.25) is 0 Å². The monoisotopic (exact) mass is 433 g/mol. The molecule has 0 N–H and O–H groups in total. The number of nitrogens with zero attached hydrogens (tertiary/aromatic N) is 3. The molecule has 2 aliphatic rings. The van der Waals surface area contributed by atoms with Gasteiger partial charge in [-0.05, 0) is 73.7 Å². The second-order valence-electron chi connectivity index (χ2n) is 8.87. The Balaban J connectivity index is 1.31. The average Bonchev–Trinajstić information content (AvgIpc) is 3.42. The Morgan fingerprint density at radius 1 is 1.00 bits per heavy atom. The summed E-state index contributed by atoms with van der Waals surface area (Å²) in [6, 6.07) is 18.7. The van der Waals surface area contributed by atoms with Gasteiger partial charge in [0.25, 0.3) is 0 Å². The van der Waals surface area contributed by atoms with Gasteiger partial charge in [0.05, 0.1) is 11.6 Å². The standard InChI is InChI=1S/C26H25F2N3O/c1-26-17-23(26)31(24-6-2-3-15-29-24)25(32)30(26)16-4-5-22(18-7-11-20(27)12-8-18)19-9-13-21(28)14-10-19/h2-3,6-15,22-23H,4-5,16-17H2,1H3. The summed E-state index contributed by atoms with van der Waals surface area (Å²) in [5.41, 5.74) is 1.81. The summed E-state index contributed by atoms with van der Waals surface area (Å²) < 4.78 is 26.9. The highest BCUT2D eigenvalue weighted by atomic mass is 19.1. The first-order valence-electron chi connectivity index (χ1n) is 11.0. The van der Waals surface area contributed by atoms with Crippen LogP contribution in [0.3, 0.4) is 0 Å². The van der Waals surface area contributed by atoms with Crippen LogP contribution in [0.5, 0.6) is 0 Å². The van der Waals surface area contributed by atoms with Crippen molar-refractivity contribution in [2.45, 2.75) is 43.7 Å². The van der Waals surface area contributed by atoms with Crippen molar-refractivity contribution in [1.29, 1.82) is 0 Å². The average molecular weight is 434 g/mol. The lowest BCUT2D eigenvalue weighted by Gasteiger charge is -2.27. The van der Waals surface area contributed by atoms with E-state index >= 15 is 0 Å². The normalized spacial score (nSPS) is 21.9. The van der Waals surface area contributed by atoms with Crippen molar-refractivity contribution in [3.05, 3.63) is 95.7 Å². The quantitative estimate of drug-likeness (QED) is 0.476. The summed E-state index contributed by atoms with van der Waals surface area (Å²) in [4.78, 5) is 21.3. The zero-order valence-electron chi connectivity index (χ0n) is 17.9. The summed E-state index contributed by atoms with van der Waals surface area (Å²) in [6.45, 7) is 2.77. The Morgan fingerprint density at radius 3 is 2.19 bits per heavy atom. The van der Waals surface area contributed by atoms with E-state index in [1.807, 2.05) is 28.0 Å². The maximum absolute atomic E-state index is 13.5. The van der Waals surface area contributed by atoms with E-state index in [-0.39, 0.29) is 35.2 Å². The molecule has 0 bridgehead atoms. The van der Waals surface area contributed by atoms with Crippen LogP contribution in [0.1, 0.15) is 43.2 Å². The SMILES string of the molecule is CC12CC1N(c1ccccn1)C(=O)N2CCCC(c1ccc(F)cc1)c1ccc(F)cc1. The molecule has 6 heteroatoms. The molecule has 164 valence electrons. The predicted octanol–water partition coefficient (Wildman–Crippen LogP) is 5.75. The van der Waals surface area contributed by atoms with E-state index in [0.29, 0.717) is 12.4 Å². The van der Waals surface area contributed by atoms with Gasteiger partial charge in [0, 0.05) is 18.7 Å². The van der Waals surface area contributed by atoms with Gasteiger partial charge in [0.15, 0.2) is 0 Å². The van der Waals surface area contributed by atoms with Gasteiger partial charge in [-0.25, -0.2) is 18.6 Å². The number of halogens is 2. The zero-order chi connectivity index (χ0) is 22.3. The van der Waals surface area contributed by atoms with Crippen molar-refractivity contribution in [3.8, 4) is 0 Å². The largest absolute Gasteiger partial charge is 0.326 e. The van der Waals surface area contributed by atoms with Gasteiger partial charge >= 0.3 is 6.03 Å². The van der Waals surface area contributed by atoms with Gasteiger partial charge in [0.2, 0.25) is 0 Å². The van der Waals surface area contributed by atoms with E-state index in [4.69, 9.17) is 0 Å². The summed E-state index contributed by atoms with van der Waals surface area (Å²) in [5, 5.41) is 0. The highest BCUT2D eigenvalue weighted by Crippen LogP contribution is 2.52. The van der Waals surface area contributed by atoms with Crippen LogP contribution in [0, 0.1) is 11.6 Å². The lowest BCUT2D eigenvalue weighted by atomic mass is 9.87. The zero-order valence-corrected chi connectivity index (χ0v) is 17.9. The van der Waals surface area contributed by atoms with Crippen LogP contribution in [-0.4, -0.2) is 34.0 Å². The van der Waals surface area contributed by atoms with Crippen LogP contribution in [0.25, 0.3) is 0 Å². The number of carbonyl (C=O) groups is 1. The summed E-state index contributed by atoms with van der Waals surface area (Å²) in [7, 11) is 0. The Hall–Kier alpha value is -3.28. The predicted molar refractivity (Wildman–Crippen MR) is 120 cm³/mol.